The average Bonchev–Trinajstić information content (AvgIpc) is 2.25. The predicted molar refractivity (Wildman–Crippen MR) is 67.6 cm³/mol. The maximum atomic E-state index is 10.8. The van der Waals surface area contributed by atoms with Crippen molar-refractivity contribution in [1.82, 2.24) is 5.32 Å². The number of nitrogens with zero attached hydrogens (tertiary/aromatic N) is 1. The van der Waals surface area contributed by atoms with Crippen LogP contribution in [0.1, 0.15) is 18.5 Å². The molecule has 4 nitrogen and oxygen atoms in total. The quantitative estimate of drug-likeness (QED) is 0.668. The molecule has 0 aliphatic heterocycles. The Labute approximate surface area is 103 Å². The normalized spacial score (nSPS) is 12.1. The molecule has 0 aromatic heterocycles. The average molecular weight is 285 g/mol. The van der Waals surface area contributed by atoms with Gasteiger partial charge in [-0.2, -0.15) is 0 Å². The van der Waals surface area contributed by atoms with Crippen LogP contribution >= 0.6 is 15.9 Å². The van der Waals surface area contributed by atoms with Gasteiger partial charge in [0.1, 0.15) is 0 Å². The van der Waals surface area contributed by atoms with Gasteiger partial charge in [0.15, 0.2) is 0 Å². The summed E-state index contributed by atoms with van der Waals surface area (Å²) in [4.78, 5) is 10.5. The highest BCUT2D eigenvalue weighted by atomic mass is 79.9. The van der Waals surface area contributed by atoms with Crippen LogP contribution in [0, 0.1) is 10.1 Å². The SMILES string of the molecule is C=C(Br)CNC(C)c1ccccc1[N+](=O)[O-]. The Morgan fingerprint density at radius 1 is 1.62 bits per heavy atom. The molecular weight excluding hydrogens is 272 g/mol. The lowest BCUT2D eigenvalue weighted by Gasteiger charge is -2.13. The van der Waals surface area contributed by atoms with Crippen molar-refractivity contribution in [2.75, 3.05) is 6.54 Å². The first-order valence-corrected chi connectivity index (χ1v) is 5.61. The Kier molecular flexibility index (Phi) is 4.64. The fourth-order valence-corrected chi connectivity index (χ4v) is 1.56. The van der Waals surface area contributed by atoms with Crippen molar-refractivity contribution in [3.05, 3.63) is 51.0 Å². The van der Waals surface area contributed by atoms with E-state index in [2.05, 4.69) is 27.8 Å². The molecule has 0 saturated heterocycles. The molecule has 0 saturated carbocycles. The summed E-state index contributed by atoms with van der Waals surface area (Å²) in [6, 6.07) is 6.64. The van der Waals surface area contributed by atoms with Crippen LogP contribution in [0.15, 0.2) is 35.3 Å². The minimum absolute atomic E-state index is 0.0871. The van der Waals surface area contributed by atoms with Crippen molar-refractivity contribution in [1.29, 1.82) is 0 Å². The Hall–Kier alpha value is -1.20. The maximum absolute atomic E-state index is 10.8. The van der Waals surface area contributed by atoms with E-state index in [1.54, 1.807) is 18.2 Å². The van der Waals surface area contributed by atoms with Gasteiger partial charge in [-0.15, -0.1) is 0 Å². The number of hydrogen-bond acceptors (Lipinski definition) is 3. The van der Waals surface area contributed by atoms with Crippen molar-refractivity contribution in [3.63, 3.8) is 0 Å². The monoisotopic (exact) mass is 284 g/mol. The van der Waals surface area contributed by atoms with Gasteiger partial charge in [-0.3, -0.25) is 10.1 Å². The fraction of sp³-hybridized carbons (Fsp3) is 0.273. The van der Waals surface area contributed by atoms with Gasteiger partial charge in [-0.25, -0.2) is 0 Å². The second kappa shape index (κ2) is 5.77. The Morgan fingerprint density at radius 3 is 2.81 bits per heavy atom. The third-order valence-electron chi connectivity index (χ3n) is 2.20. The lowest BCUT2D eigenvalue weighted by Crippen LogP contribution is -2.20. The Morgan fingerprint density at radius 2 is 2.25 bits per heavy atom. The predicted octanol–water partition coefficient (Wildman–Crippen LogP) is 3.15. The summed E-state index contributed by atoms with van der Waals surface area (Å²) in [6.07, 6.45) is 0. The third kappa shape index (κ3) is 3.43. The molecule has 1 aromatic carbocycles. The molecule has 0 amide bonds. The molecule has 0 radical (unpaired) electrons. The molecule has 1 N–H and O–H groups in total. The van der Waals surface area contributed by atoms with Gasteiger partial charge >= 0.3 is 0 Å². The van der Waals surface area contributed by atoms with Crippen molar-refractivity contribution >= 4 is 21.6 Å². The Bertz CT molecular complexity index is 407. The summed E-state index contributed by atoms with van der Waals surface area (Å²) >= 11 is 3.23. The number of nitro groups is 1. The molecular formula is C11H13BrN2O2. The van der Waals surface area contributed by atoms with Crippen LogP contribution in [0.4, 0.5) is 5.69 Å². The zero-order chi connectivity index (χ0) is 12.1. The molecule has 0 bridgehead atoms. The van der Waals surface area contributed by atoms with Gasteiger partial charge < -0.3 is 5.32 Å². The highest BCUT2D eigenvalue weighted by Crippen LogP contribution is 2.24. The molecule has 1 aromatic rings. The first kappa shape index (κ1) is 12.9. The summed E-state index contributed by atoms with van der Waals surface area (Å²) in [6.45, 7) is 6.16. The highest BCUT2D eigenvalue weighted by Gasteiger charge is 2.17. The second-order valence-corrected chi connectivity index (χ2v) is 4.56. The number of para-hydroxylation sites is 1. The van der Waals surface area contributed by atoms with Crippen molar-refractivity contribution in [3.8, 4) is 0 Å². The lowest BCUT2D eigenvalue weighted by molar-refractivity contribution is -0.385. The van der Waals surface area contributed by atoms with Crippen LogP contribution in [-0.4, -0.2) is 11.5 Å². The van der Waals surface area contributed by atoms with E-state index in [0.29, 0.717) is 12.1 Å². The van der Waals surface area contributed by atoms with Crippen LogP contribution in [0.5, 0.6) is 0 Å². The molecule has 1 unspecified atom stereocenters. The van der Waals surface area contributed by atoms with Crippen LogP contribution in [-0.2, 0) is 0 Å². The summed E-state index contributed by atoms with van der Waals surface area (Å²) in [5.74, 6) is 0. The number of nitrogens with one attached hydrogen (secondary N) is 1. The third-order valence-corrected chi connectivity index (χ3v) is 2.48. The molecule has 0 aliphatic carbocycles. The summed E-state index contributed by atoms with van der Waals surface area (Å²) in [5.41, 5.74) is 0.823. The largest absolute Gasteiger partial charge is 0.305 e. The van der Waals surface area contributed by atoms with Crippen molar-refractivity contribution < 1.29 is 4.92 Å². The lowest BCUT2D eigenvalue weighted by atomic mass is 10.1. The van der Waals surface area contributed by atoms with Crippen LogP contribution < -0.4 is 5.32 Å². The maximum Gasteiger partial charge on any atom is 0.274 e. The molecule has 5 heteroatoms. The molecule has 0 spiro atoms. The van der Waals surface area contributed by atoms with E-state index in [4.69, 9.17) is 0 Å². The van der Waals surface area contributed by atoms with E-state index in [9.17, 15) is 10.1 Å². The molecule has 0 heterocycles. The highest BCUT2D eigenvalue weighted by molar-refractivity contribution is 9.11. The number of nitro benzene ring substituents is 1. The molecule has 0 fully saturated rings. The van der Waals surface area contributed by atoms with E-state index in [0.717, 1.165) is 4.48 Å². The fourth-order valence-electron chi connectivity index (χ4n) is 1.39. The molecule has 1 atom stereocenters. The number of hydrogen-bond donors (Lipinski definition) is 1. The van der Waals surface area contributed by atoms with Crippen molar-refractivity contribution in [2.45, 2.75) is 13.0 Å². The van der Waals surface area contributed by atoms with Crippen molar-refractivity contribution in [2.24, 2.45) is 0 Å². The first-order chi connectivity index (χ1) is 7.52. The van der Waals surface area contributed by atoms with Gasteiger partial charge in [-0.05, 0) is 6.92 Å². The zero-order valence-electron chi connectivity index (χ0n) is 8.94. The van der Waals surface area contributed by atoms with Gasteiger partial charge in [0.2, 0.25) is 0 Å². The molecule has 16 heavy (non-hydrogen) atoms. The second-order valence-electron chi connectivity index (χ2n) is 3.44. The van der Waals surface area contributed by atoms with Crippen LogP contribution in [0.3, 0.4) is 0 Å². The van der Waals surface area contributed by atoms with E-state index < -0.39 is 0 Å². The first-order valence-electron chi connectivity index (χ1n) is 4.82. The van der Waals surface area contributed by atoms with E-state index in [1.807, 2.05) is 6.92 Å². The summed E-state index contributed by atoms with van der Waals surface area (Å²) < 4.78 is 0.818. The van der Waals surface area contributed by atoms with Gasteiger partial charge in [0, 0.05) is 28.7 Å². The molecule has 1 rings (SSSR count). The van der Waals surface area contributed by atoms with Crippen LogP contribution in [0.25, 0.3) is 0 Å². The number of rotatable bonds is 5. The van der Waals surface area contributed by atoms with Gasteiger partial charge in [0.25, 0.3) is 5.69 Å². The molecule has 0 aliphatic rings. The van der Waals surface area contributed by atoms with Gasteiger partial charge in [0.05, 0.1) is 4.92 Å². The topological polar surface area (TPSA) is 55.2 Å². The zero-order valence-corrected chi connectivity index (χ0v) is 10.5. The van der Waals surface area contributed by atoms with E-state index in [1.165, 1.54) is 6.07 Å². The smallest absolute Gasteiger partial charge is 0.274 e. The van der Waals surface area contributed by atoms with Gasteiger partial charge in [-0.1, -0.05) is 40.7 Å². The Balaban J connectivity index is 2.85. The molecule has 86 valence electrons. The van der Waals surface area contributed by atoms with Crippen LogP contribution in [0.2, 0.25) is 0 Å². The van der Waals surface area contributed by atoms with E-state index in [-0.39, 0.29) is 16.7 Å². The minimum atomic E-state index is -0.365. The number of halogens is 1. The number of benzene rings is 1. The minimum Gasteiger partial charge on any atom is -0.305 e. The standard InChI is InChI=1S/C11H13BrN2O2/c1-8(12)7-13-9(2)10-5-3-4-6-11(10)14(15)16/h3-6,9,13H,1,7H2,2H3. The summed E-state index contributed by atoms with van der Waals surface area (Å²) in [5, 5.41) is 14.0. The summed E-state index contributed by atoms with van der Waals surface area (Å²) in [7, 11) is 0. The van der Waals surface area contributed by atoms with E-state index >= 15 is 0 Å².